The molecule has 0 heterocycles. The zero-order chi connectivity index (χ0) is 52.9. The van der Waals surface area contributed by atoms with Crippen molar-refractivity contribution < 1.29 is 28.6 Å². The summed E-state index contributed by atoms with van der Waals surface area (Å²) < 4.78 is 16.9. The molecule has 0 rings (SSSR count). The topological polar surface area (TPSA) is 78.9 Å². The predicted octanol–water partition coefficient (Wildman–Crippen LogP) is 21.6. The molecule has 0 amide bonds. The highest BCUT2D eigenvalue weighted by atomic mass is 16.6. The van der Waals surface area contributed by atoms with Crippen molar-refractivity contribution in [1.82, 2.24) is 0 Å². The SMILES string of the molecule is CC/C=C\C/C=C\C/C=C\CCCCCCCCCC(=O)OCC(COC(=O)CCCCCCCCCCCCCCCCCCCCCC)OC(=O)CCCCCCCCC/C=C\C/C=C\CCCCCC. The third kappa shape index (κ3) is 59.9. The Morgan fingerprint density at radius 3 is 0.849 bits per heavy atom. The molecule has 0 saturated carbocycles. The van der Waals surface area contributed by atoms with E-state index in [4.69, 9.17) is 14.2 Å². The minimum Gasteiger partial charge on any atom is -0.462 e. The third-order valence-corrected chi connectivity index (χ3v) is 14.0. The summed E-state index contributed by atoms with van der Waals surface area (Å²) in [5.41, 5.74) is 0. The van der Waals surface area contributed by atoms with Crippen LogP contribution in [0.1, 0.15) is 329 Å². The minimum absolute atomic E-state index is 0.0775. The van der Waals surface area contributed by atoms with Crippen LogP contribution in [0.2, 0.25) is 0 Å². The first kappa shape index (κ1) is 70.1. The summed E-state index contributed by atoms with van der Waals surface area (Å²) in [6.07, 6.45) is 77.9. The van der Waals surface area contributed by atoms with Gasteiger partial charge in [-0.3, -0.25) is 14.4 Å². The molecule has 0 aromatic heterocycles. The van der Waals surface area contributed by atoms with Crippen LogP contribution in [0.15, 0.2) is 60.8 Å². The summed E-state index contributed by atoms with van der Waals surface area (Å²) in [5, 5.41) is 0. The van der Waals surface area contributed by atoms with E-state index in [9.17, 15) is 14.4 Å². The molecular formula is C67H120O6. The number of unbranched alkanes of at least 4 members (excludes halogenated alkanes) is 37. The van der Waals surface area contributed by atoms with Gasteiger partial charge in [0.1, 0.15) is 13.2 Å². The second-order valence-corrected chi connectivity index (χ2v) is 21.3. The molecule has 0 spiro atoms. The van der Waals surface area contributed by atoms with Gasteiger partial charge in [-0.2, -0.15) is 0 Å². The molecule has 0 saturated heterocycles. The molecule has 0 aliphatic heterocycles. The second-order valence-electron chi connectivity index (χ2n) is 21.3. The van der Waals surface area contributed by atoms with E-state index < -0.39 is 6.10 Å². The van der Waals surface area contributed by atoms with Gasteiger partial charge in [0.15, 0.2) is 6.10 Å². The highest BCUT2D eigenvalue weighted by Crippen LogP contribution is 2.17. The number of carbonyl (C=O) groups is 3. The average Bonchev–Trinajstić information content (AvgIpc) is 3.39. The quantitative estimate of drug-likeness (QED) is 0.0261. The molecule has 6 heteroatoms. The predicted molar refractivity (Wildman–Crippen MR) is 316 cm³/mol. The van der Waals surface area contributed by atoms with Gasteiger partial charge in [0.25, 0.3) is 0 Å². The Morgan fingerprint density at radius 2 is 0.534 bits per heavy atom. The van der Waals surface area contributed by atoms with Crippen LogP contribution in [0.4, 0.5) is 0 Å². The maximum atomic E-state index is 12.9. The Kier molecular flexibility index (Phi) is 59.2. The highest BCUT2D eigenvalue weighted by molar-refractivity contribution is 5.71. The molecule has 1 atom stereocenters. The fraction of sp³-hybridized carbons (Fsp3) is 0.806. The first-order chi connectivity index (χ1) is 36.0. The molecule has 1 unspecified atom stereocenters. The van der Waals surface area contributed by atoms with E-state index in [2.05, 4.69) is 81.5 Å². The smallest absolute Gasteiger partial charge is 0.306 e. The summed E-state index contributed by atoms with van der Waals surface area (Å²) in [7, 11) is 0. The third-order valence-electron chi connectivity index (χ3n) is 14.0. The summed E-state index contributed by atoms with van der Waals surface area (Å²) >= 11 is 0. The molecule has 424 valence electrons. The molecule has 73 heavy (non-hydrogen) atoms. The molecule has 0 N–H and O–H groups in total. The molecule has 0 aliphatic carbocycles. The van der Waals surface area contributed by atoms with E-state index >= 15 is 0 Å². The Bertz CT molecular complexity index is 1310. The zero-order valence-corrected chi connectivity index (χ0v) is 48.7. The van der Waals surface area contributed by atoms with E-state index in [1.54, 1.807) is 0 Å². The molecule has 0 aliphatic rings. The number of hydrogen-bond donors (Lipinski definition) is 0. The Balaban J connectivity index is 4.36. The molecule has 0 aromatic rings. The van der Waals surface area contributed by atoms with Crippen LogP contribution in [-0.4, -0.2) is 37.2 Å². The molecule has 0 fully saturated rings. The first-order valence-corrected chi connectivity index (χ1v) is 31.8. The van der Waals surface area contributed by atoms with Gasteiger partial charge in [0.2, 0.25) is 0 Å². The van der Waals surface area contributed by atoms with Gasteiger partial charge in [-0.25, -0.2) is 0 Å². The molecular weight excluding hydrogens is 901 g/mol. The molecule has 0 radical (unpaired) electrons. The van der Waals surface area contributed by atoms with Crippen molar-refractivity contribution in [3.8, 4) is 0 Å². The van der Waals surface area contributed by atoms with E-state index in [1.807, 2.05) is 0 Å². The van der Waals surface area contributed by atoms with Crippen LogP contribution in [0.5, 0.6) is 0 Å². The van der Waals surface area contributed by atoms with E-state index in [0.29, 0.717) is 19.3 Å². The number of hydrogen-bond acceptors (Lipinski definition) is 6. The van der Waals surface area contributed by atoms with E-state index in [1.165, 1.54) is 193 Å². The maximum Gasteiger partial charge on any atom is 0.306 e. The zero-order valence-electron chi connectivity index (χ0n) is 48.7. The minimum atomic E-state index is -0.782. The fourth-order valence-corrected chi connectivity index (χ4v) is 9.25. The van der Waals surface area contributed by atoms with Gasteiger partial charge in [-0.15, -0.1) is 0 Å². The molecule has 0 bridgehead atoms. The Morgan fingerprint density at radius 1 is 0.288 bits per heavy atom. The van der Waals surface area contributed by atoms with Crippen molar-refractivity contribution in [2.24, 2.45) is 0 Å². The second kappa shape index (κ2) is 61.7. The van der Waals surface area contributed by atoms with E-state index in [0.717, 1.165) is 96.3 Å². The van der Waals surface area contributed by atoms with Crippen LogP contribution >= 0.6 is 0 Å². The number of esters is 3. The molecule has 6 nitrogen and oxygen atoms in total. The lowest BCUT2D eigenvalue weighted by Crippen LogP contribution is -2.30. The van der Waals surface area contributed by atoms with Crippen molar-refractivity contribution in [1.29, 1.82) is 0 Å². The monoisotopic (exact) mass is 1020 g/mol. The lowest BCUT2D eigenvalue weighted by molar-refractivity contribution is -0.167. The van der Waals surface area contributed by atoms with Crippen molar-refractivity contribution >= 4 is 17.9 Å². The van der Waals surface area contributed by atoms with Gasteiger partial charge in [0, 0.05) is 19.3 Å². The fourth-order valence-electron chi connectivity index (χ4n) is 9.25. The van der Waals surface area contributed by atoms with Gasteiger partial charge < -0.3 is 14.2 Å². The first-order valence-electron chi connectivity index (χ1n) is 31.8. The largest absolute Gasteiger partial charge is 0.462 e. The lowest BCUT2D eigenvalue weighted by Gasteiger charge is -2.18. The van der Waals surface area contributed by atoms with Crippen LogP contribution in [0.25, 0.3) is 0 Å². The average molecular weight is 1020 g/mol. The van der Waals surface area contributed by atoms with Crippen LogP contribution in [0, 0.1) is 0 Å². The van der Waals surface area contributed by atoms with Crippen molar-refractivity contribution in [3.05, 3.63) is 60.8 Å². The van der Waals surface area contributed by atoms with Crippen molar-refractivity contribution in [2.75, 3.05) is 13.2 Å². The Labute approximate surface area is 453 Å². The van der Waals surface area contributed by atoms with Gasteiger partial charge >= 0.3 is 17.9 Å². The van der Waals surface area contributed by atoms with Crippen LogP contribution in [0.3, 0.4) is 0 Å². The van der Waals surface area contributed by atoms with Crippen molar-refractivity contribution in [3.63, 3.8) is 0 Å². The van der Waals surface area contributed by atoms with Crippen LogP contribution < -0.4 is 0 Å². The van der Waals surface area contributed by atoms with Gasteiger partial charge in [0.05, 0.1) is 0 Å². The maximum absolute atomic E-state index is 12.9. The summed E-state index contributed by atoms with van der Waals surface area (Å²) in [6.45, 7) is 6.55. The number of allylic oxidation sites excluding steroid dienone is 10. The summed E-state index contributed by atoms with van der Waals surface area (Å²) in [6, 6.07) is 0. The Hall–Kier alpha value is -2.89. The van der Waals surface area contributed by atoms with Crippen LogP contribution in [-0.2, 0) is 28.6 Å². The molecule has 0 aromatic carbocycles. The number of ether oxygens (including phenoxy) is 3. The lowest BCUT2D eigenvalue weighted by atomic mass is 10.0. The van der Waals surface area contributed by atoms with Crippen molar-refractivity contribution in [2.45, 2.75) is 335 Å². The van der Waals surface area contributed by atoms with Gasteiger partial charge in [-0.05, 0) is 83.5 Å². The number of rotatable bonds is 58. The van der Waals surface area contributed by atoms with E-state index in [-0.39, 0.29) is 31.1 Å². The van der Waals surface area contributed by atoms with Gasteiger partial charge in [-0.1, -0.05) is 287 Å². The highest BCUT2D eigenvalue weighted by Gasteiger charge is 2.19. The normalized spacial score (nSPS) is 12.4. The summed E-state index contributed by atoms with van der Waals surface area (Å²) in [4.78, 5) is 38.3. The summed E-state index contributed by atoms with van der Waals surface area (Å²) in [5.74, 6) is -0.877. The standard InChI is InChI=1S/C67H120O6/c1-4-7-10-13-16-19-22-25-28-31-33-34-37-39-42-45-48-51-54-57-60-66(69)72-63-64(62-71-65(68)59-56-53-50-47-44-41-38-35-30-27-24-21-18-15-12-9-6-3)73-67(70)61-58-55-52-49-46-43-40-36-32-29-26-23-20-17-14-11-8-5-2/h9,12,18,20-21,23,27,29-30,32,64H,4-8,10-11,13-17,19,22,24-26,28,31,33-63H2,1-3H3/b12-9-,21-18-,23-20-,30-27-,32-29-. The number of carbonyl (C=O) groups excluding carboxylic acids is 3.